The third-order valence-corrected chi connectivity index (χ3v) is 6.97. The summed E-state index contributed by atoms with van der Waals surface area (Å²) in [4.78, 5) is 14.9. The topological polar surface area (TPSA) is 29.5 Å². The van der Waals surface area contributed by atoms with Gasteiger partial charge in [-0.2, -0.15) is 0 Å². The van der Waals surface area contributed by atoms with Gasteiger partial charge in [-0.25, -0.2) is 0 Å². The first-order valence-electron chi connectivity index (χ1n) is 9.17. The van der Waals surface area contributed by atoms with Gasteiger partial charge in [-0.1, -0.05) is 19.1 Å². The molecule has 2 saturated heterocycles. The number of esters is 1. The van der Waals surface area contributed by atoms with Crippen LogP contribution in [0.2, 0.25) is 0 Å². The van der Waals surface area contributed by atoms with E-state index in [1.165, 1.54) is 37.7 Å². The number of rotatable bonds is 2. The van der Waals surface area contributed by atoms with Gasteiger partial charge in [0.05, 0.1) is 5.92 Å². The number of hydrogen-bond donors (Lipinski definition) is 0. The summed E-state index contributed by atoms with van der Waals surface area (Å²) in [5.41, 5.74) is 1.76. The van der Waals surface area contributed by atoms with Crippen LogP contribution < -0.4 is 0 Å². The van der Waals surface area contributed by atoms with Crippen molar-refractivity contribution in [2.45, 2.75) is 58.0 Å². The van der Waals surface area contributed by atoms with E-state index in [-0.39, 0.29) is 18.0 Å². The van der Waals surface area contributed by atoms with Gasteiger partial charge in [-0.05, 0) is 69.4 Å². The maximum absolute atomic E-state index is 12.4. The van der Waals surface area contributed by atoms with Crippen LogP contribution in [0.3, 0.4) is 0 Å². The molecule has 0 aromatic heterocycles. The van der Waals surface area contributed by atoms with E-state index >= 15 is 0 Å². The standard InChI is InChI=1S/C19H29NO2/c1-13-6-5-7-19(2)11-17-14(10-16(13)19)15(18(21)22-17)12-20-8-3-4-9-20/h14-17H,1,3-12H2,2H3/t14?,15-,16-,17+,19+/m0/s1. The van der Waals surface area contributed by atoms with Crippen LogP contribution in [0.5, 0.6) is 0 Å². The largest absolute Gasteiger partial charge is 0.462 e. The summed E-state index contributed by atoms with van der Waals surface area (Å²) < 4.78 is 5.84. The van der Waals surface area contributed by atoms with E-state index in [4.69, 9.17) is 4.74 Å². The molecule has 3 nitrogen and oxygen atoms in total. The van der Waals surface area contributed by atoms with Crippen molar-refractivity contribution in [3.8, 4) is 0 Å². The maximum Gasteiger partial charge on any atom is 0.310 e. The summed E-state index contributed by atoms with van der Waals surface area (Å²) in [6.45, 7) is 10.0. The zero-order valence-corrected chi connectivity index (χ0v) is 13.9. The van der Waals surface area contributed by atoms with Crippen molar-refractivity contribution in [3.05, 3.63) is 12.2 Å². The van der Waals surface area contributed by atoms with Gasteiger partial charge in [0.1, 0.15) is 6.10 Å². The quantitative estimate of drug-likeness (QED) is 0.578. The molecule has 4 rings (SSSR count). The highest BCUT2D eigenvalue weighted by molar-refractivity contribution is 5.75. The number of likely N-dealkylation sites (tertiary alicyclic amines) is 1. The first-order chi connectivity index (χ1) is 10.6. The van der Waals surface area contributed by atoms with Crippen molar-refractivity contribution in [2.75, 3.05) is 19.6 Å². The Morgan fingerprint density at radius 1 is 1.32 bits per heavy atom. The van der Waals surface area contributed by atoms with Crippen molar-refractivity contribution in [3.63, 3.8) is 0 Å². The van der Waals surface area contributed by atoms with E-state index in [9.17, 15) is 4.79 Å². The molecule has 0 N–H and O–H groups in total. The van der Waals surface area contributed by atoms with Crippen LogP contribution in [0.25, 0.3) is 0 Å². The molecule has 3 heteroatoms. The van der Waals surface area contributed by atoms with E-state index < -0.39 is 0 Å². The van der Waals surface area contributed by atoms with E-state index in [0.717, 1.165) is 32.5 Å². The first-order valence-corrected chi connectivity index (χ1v) is 9.17. The minimum absolute atomic E-state index is 0.0785. The Morgan fingerprint density at radius 2 is 2.09 bits per heavy atom. The Hall–Kier alpha value is -0.830. The zero-order chi connectivity index (χ0) is 15.3. The van der Waals surface area contributed by atoms with E-state index in [1.807, 2.05) is 0 Å². The predicted octanol–water partition coefficient (Wildman–Crippen LogP) is 3.40. The normalized spacial score (nSPS) is 45.5. The van der Waals surface area contributed by atoms with Crippen LogP contribution >= 0.6 is 0 Å². The Balaban J connectivity index is 1.53. The van der Waals surface area contributed by atoms with Crippen LogP contribution in [0.4, 0.5) is 0 Å². The molecule has 0 radical (unpaired) electrons. The molecule has 2 saturated carbocycles. The third-order valence-electron chi connectivity index (χ3n) is 6.97. The monoisotopic (exact) mass is 303 g/mol. The van der Waals surface area contributed by atoms with Gasteiger partial charge in [-0.15, -0.1) is 0 Å². The fourth-order valence-electron chi connectivity index (χ4n) is 5.71. The average Bonchev–Trinajstić information content (AvgIpc) is 3.06. The molecular formula is C19H29NO2. The minimum atomic E-state index is 0.0785. The summed E-state index contributed by atoms with van der Waals surface area (Å²) >= 11 is 0. The van der Waals surface area contributed by atoms with Crippen molar-refractivity contribution in [1.82, 2.24) is 4.90 Å². The number of nitrogens with zero attached hydrogens (tertiary/aromatic N) is 1. The molecule has 0 spiro atoms. The molecule has 1 unspecified atom stereocenters. The van der Waals surface area contributed by atoms with Crippen molar-refractivity contribution < 1.29 is 9.53 Å². The third kappa shape index (κ3) is 2.33. The molecule has 0 bridgehead atoms. The molecule has 2 aliphatic heterocycles. The SMILES string of the molecule is C=C1CCC[C@]2(C)C[C@H]3OC(=O)[C@@H](CN4CCCC4)C3C[C@@H]12. The molecule has 22 heavy (non-hydrogen) atoms. The van der Waals surface area contributed by atoms with Crippen LogP contribution in [-0.4, -0.2) is 36.6 Å². The molecule has 2 aliphatic carbocycles. The summed E-state index contributed by atoms with van der Waals surface area (Å²) in [6, 6.07) is 0. The Kier molecular flexibility index (Phi) is 3.60. The van der Waals surface area contributed by atoms with Crippen molar-refractivity contribution in [1.29, 1.82) is 0 Å². The van der Waals surface area contributed by atoms with Crippen LogP contribution in [-0.2, 0) is 9.53 Å². The maximum atomic E-state index is 12.4. The van der Waals surface area contributed by atoms with Crippen LogP contribution in [0.1, 0.15) is 51.9 Å². The first kappa shape index (κ1) is 14.7. The Morgan fingerprint density at radius 3 is 2.86 bits per heavy atom. The van der Waals surface area contributed by atoms with Gasteiger partial charge < -0.3 is 9.64 Å². The molecule has 2 heterocycles. The van der Waals surface area contributed by atoms with Crippen LogP contribution in [0, 0.1) is 23.2 Å². The van der Waals surface area contributed by atoms with Crippen molar-refractivity contribution in [2.24, 2.45) is 23.2 Å². The molecule has 0 amide bonds. The second-order valence-electron chi connectivity index (χ2n) is 8.41. The Bertz CT molecular complexity index is 482. The number of carbonyl (C=O) groups excluding carboxylic acids is 1. The lowest BCUT2D eigenvalue weighted by Crippen LogP contribution is -2.45. The highest BCUT2D eigenvalue weighted by Gasteiger charge is 2.55. The number of hydrogen-bond acceptors (Lipinski definition) is 3. The highest BCUT2D eigenvalue weighted by atomic mass is 16.6. The van der Waals surface area contributed by atoms with Crippen molar-refractivity contribution >= 4 is 5.97 Å². The minimum Gasteiger partial charge on any atom is -0.462 e. The molecular weight excluding hydrogens is 274 g/mol. The number of carbonyl (C=O) groups is 1. The predicted molar refractivity (Wildman–Crippen MR) is 86.4 cm³/mol. The van der Waals surface area contributed by atoms with E-state index in [0.29, 0.717) is 17.3 Å². The van der Waals surface area contributed by atoms with E-state index in [2.05, 4.69) is 18.4 Å². The molecule has 5 atom stereocenters. The summed E-state index contributed by atoms with van der Waals surface area (Å²) in [5.74, 6) is 1.23. The smallest absolute Gasteiger partial charge is 0.310 e. The molecule has 0 aromatic carbocycles. The highest BCUT2D eigenvalue weighted by Crippen LogP contribution is 2.56. The second-order valence-corrected chi connectivity index (χ2v) is 8.41. The lowest BCUT2D eigenvalue weighted by molar-refractivity contribution is -0.146. The number of ether oxygens (including phenoxy) is 1. The van der Waals surface area contributed by atoms with E-state index in [1.54, 1.807) is 0 Å². The molecule has 122 valence electrons. The Labute approximate surface area is 134 Å². The molecule has 4 fully saturated rings. The zero-order valence-electron chi connectivity index (χ0n) is 13.9. The van der Waals surface area contributed by atoms with Gasteiger partial charge in [-0.3, -0.25) is 4.79 Å². The van der Waals surface area contributed by atoms with Gasteiger partial charge in [0.15, 0.2) is 0 Å². The fourth-order valence-corrected chi connectivity index (χ4v) is 5.71. The van der Waals surface area contributed by atoms with Gasteiger partial charge in [0.25, 0.3) is 0 Å². The fraction of sp³-hybridized carbons (Fsp3) is 0.842. The molecule has 0 aromatic rings. The van der Waals surface area contributed by atoms with Gasteiger partial charge >= 0.3 is 5.97 Å². The number of allylic oxidation sites excluding steroid dienone is 1. The summed E-state index contributed by atoms with van der Waals surface area (Å²) in [7, 11) is 0. The lowest BCUT2D eigenvalue weighted by atomic mass is 9.55. The lowest BCUT2D eigenvalue weighted by Gasteiger charge is -2.50. The number of fused-ring (bicyclic) bond motifs is 2. The molecule has 4 aliphatic rings. The van der Waals surface area contributed by atoms with Gasteiger partial charge in [0, 0.05) is 12.5 Å². The van der Waals surface area contributed by atoms with Gasteiger partial charge in [0.2, 0.25) is 0 Å². The van der Waals surface area contributed by atoms with Crippen LogP contribution in [0.15, 0.2) is 12.2 Å². The second kappa shape index (κ2) is 5.36. The summed E-state index contributed by atoms with van der Waals surface area (Å²) in [6.07, 6.45) is 8.65. The average molecular weight is 303 g/mol. The summed E-state index contributed by atoms with van der Waals surface area (Å²) in [5, 5.41) is 0.